The van der Waals surface area contributed by atoms with Gasteiger partial charge in [-0.25, -0.2) is 4.39 Å². The fourth-order valence-electron chi connectivity index (χ4n) is 5.33. The van der Waals surface area contributed by atoms with Crippen LogP contribution in [-0.2, 0) is 19.8 Å². The molecule has 204 valence electrons. The molecule has 2 aromatic carbocycles. The maximum absolute atomic E-state index is 14.4. The van der Waals surface area contributed by atoms with Gasteiger partial charge in [-0.2, -0.15) is 17.4 Å². The number of nitrogens with one attached hydrogen (secondary N) is 2. The largest absolute Gasteiger partial charge is 0.351 e. The molecule has 0 bridgehead atoms. The average molecular weight is 563 g/mol. The van der Waals surface area contributed by atoms with Crippen molar-refractivity contribution < 1.29 is 22.4 Å². The molecule has 1 heterocycles. The Balaban J connectivity index is 1.45. The van der Waals surface area contributed by atoms with Crippen LogP contribution in [0.4, 0.5) is 10.1 Å². The lowest BCUT2D eigenvalue weighted by molar-refractivity contribution is -0.130. The van der Waals surface area contributed by atoms with Crippen molar-refractivity contribution in [3.8, 4) is 0 Å². The standard InChI is InChI=1S/C27H32ClFN4O4S/c28-24-12-5-4-11-23(24)25(26(34)30-20-8-2-1-3-9-20)33(22-10-6-7-19(29)17-22)27(35)18-15-21(16-18)31-38(36,37)32-13-14-32/h4-7,10-12,17-18,20-21,25,31H,1-3,8-9,13-16H2,(H,30,34)/t18-,21+,25-/m1/s1. The quantitative estimate of drug-likeness (QED) is 0.452. The molecule has 3 aliphatic rings. The first kappa shape index (κ1) is 27.1. The lowest BCUT2D eigenvalue weighted by Crippen LogP contribution is -2.54. The van der Waals surface area contributed by atoms with Crippen LogP contribution in [0.1, 0.15) is 56.6 Å². The number of amides is 2. The third-order valence-corrected chi connectivity index (χ3v) is 9.55. The van der Waals surface area contributed by atoms with Crippen LogP contribution >= 0.6 is 11.6 Å². The van der Waals surface area contributed by atoms with Gasteiger partial charge in [0.15, 0.2) is 0 Å². The van der Waals surface area contributed by atoms with Gasteiger partial charge >= 0.3 is 0 Å². The summed E-state index contributed by atoms with van der Waals surface area (Å²) in [5, 5.41) is 3.44. The SMILES string of the molecule is O=C(NC1CCCCC1)[C@@H](c1ccccc1Cl)N(c1cccc(F)c1)C(=O)[C@H]1C[C@@H](NS(=O)(=O)N2CC2)C1. The Morgan fingerprint density at radius 1 is 1.00 bits per heavy atom. The molecule has 2 aliphatic carbocycles. The first-order valence-electron chi connectivity index (χ1n) is 13.1. The van der Waals surface area contributed by atoms with Crippen molar-refractivity contribution in [1.29, 1.82) is 0 Å². The van der Waals surface area contributed by atoms with Crippen molar-refractivity contribution in [3.05, 3.63) is 64.9 Å². The highest BCUT2D eigenvalue weighted by Crippen LogP contribution is 2.38. The maximum Gasteiger partial charge on any atom is 0.279 e. The van der Waals surface area contributed by atoms with E-state index in [9.17, 15) is 22.4 Å². The van der Waals surface area contributed by atoms with Gasteiger partial charge in [0, 0.05) is 47.4 Å². The fraction of sp³-hybridized carbons (Fsp3) is 0.481. The van der Waals surface area contributed by atoms with Gasteiger partial charge in [0.1, 0.15) is 11.9 Å². The molecular weight excluding hydrogens is 531 g/mol. The summed E-state index contributed by atoms with van der Waals surface area (Å²) >= 11 is 6.56. The molecule has 1 aliphatic heterocycles. The second-order valence-electron chi connectivity index (χ2n) is 10.3. The first-order valence-corrected chi connectivity index (χ1v) is 15.0. The van der Waals surface area contributed by atoms with E-state index in [1.54, 1.807) is 30.3 Å². The highest BCUT2D eigenvalue weighted by atomic mass is 35.5. The van der Waals surface area contributed by atoms with Gasteiger partial charge in [-0.3, -0.25) is 14.5 Å². The number of carbonyl (C=O) groups is 2. The fourth-order valence-corrected chi connectivity index (χ4v) is 6.89. The van der Waals surface area contributed by atoms with Gasteiger partial charge in [-0.05, 0) is 49.9 Å². The highest BCUT2D eigenvalue weighted by molar-refractivity contribution is 7.87. The topological polar surface area (TPSA) is 98.6 Å². The molecule has 8 nitrogen and oxygen atoms in total. The van der Waals surface area contributed by atoms with Crippen LogP contribution in [0.15, 0.2) is 48.5 Å². The number of carbonyl (C=O) groups excluding carboxylic acids is 2. The number of anilines is 1. The summed E-state index contributed by atoms with van der Waals surface area (Å²) < 4.78 is 42.9. The average Bonchev–Trinajstić information content (AvgIpc) is 3.72. The van der Waals surface area contributed by atoms with Crippen molar-refractivity contribution in [2.24, 2.45) is 5.92 Å². The minimum absolute atomic E-state index is 0.00869. The van der Waals surface area contributed by atoms with E-state index < -0.39 is 28.0 Å². The van der Waals surface area contributed by atoms with Crippen molar-refractivity contribution in [2.75, 3.05) is 18.0 Å². The van der Waals surface area contributed by atoms with E-state index in [-0.39, 0.29) is 42.4 Å². The normalized spacial score (nSPS) is 22.8. The van der Waals surface area contributed by atoms with Crippen molar-refractivity contribution in [1.82, 2.24) is 14.3 Å². The van der Waals surface area contributed by atoms with Gasteiger partial charge in [0.25, 0.3) is 10.2 Å². The predicted octanol–water partition coefficient (Wildman–Crippen LogP) is 3.93. The monoisotopic (exact) mass is 562 g/mol. The van der Waals surface area contributed by atoms with Crippen LogP contribution in [0.25, 0.3) is 0 Å². The van der Waals surface area contributed by atoms with Crippen LogP contribution in [0.2, 0.25) is 5.02 Å². The second-order valence-corrected chi connectivity index (χ2v) is 12.5. The minimum Gasteiger partial charge on any atom is -0.351 e. The Labute approximate surface area is 227 Å². The summed E-state index contributed by atoms with van der Waals surface area (Å²) in [4.78, 5) is 29.2. The third-order valence-electron chi connectivity index (χ3n) is 7.53. The molecule has 0 spiro atoms. The number of hydrogen-bond acceptors (Lipinski definition) is 4. The number of rotatable bonds is 9. The number of hydrogen-bond donors (Lipinski definition) is 2. The highest BCUT2D eigenvalue weighted by Gasteiger charge is 2.45. The molecule has 5 rings (SSSR count). The van der Waals surface area contributed by atoms with Crippen LogP contribution in [0, 0.1) is 11.7 Å². The first-order chi connectivity index (χ1) is 18.2. The van der Waals surface area contributed by atoms with E-state index in [0.29, 0.717) is 23.7 Å². The van der Waals surface area contributed by atoms with Gasteiger partial charge in [-0.15, -0.1) is 0 Å². The maximum atomic E-state index is 14.4. The summed E-state index contributed by atoms with van der Waals surface area (Å²) in [5.74, 6) is -1.82. The van der Waals surface area contributed by atoms with E-state index >= 15 is 0 Å². The van der Waals surface area contributed by atoms with E-state index in [2.05, 4.69) is 10.0 Å². The molecule has 0 unspecified atom stereocenters. The molecule has 2 amide bonds. The Kier molecular flexibility index (Phi) is 8.04. The van der Waals surface area contributed by atoms with Crippen LogP contribution < -0.4 is 14.9 Å². The summed E-state index contributed by atoms with van der Waals surface area (Å²) in [6.07, 6.45) is 5.45. The molecule has 2 N–H and O–H groups in total. The molecule has 38 heavy (non-hydrogen) atoms. The van der Waals surface area contributed by atoms with Crippen molar-refractivity contribution in [2.45, 2.75) is 63.1 Å². The Hall–Kier alpha value is -2.53. The molecule has 0 radical (unpaired) electrons. The lowest BCUT2D eigenvalue weighted by Gasteiger charge is -2.40. The van der Waals surface area contributed by atoms with Gasteiger partial charge in [0.2, 0.25) is 11.8 Å². The Morgan fingerprint density at radius 2 is 1.71 bits per heavy atom. The third kappa shape index (κ3) is 6.03. The van der Waals surface area contributed by atoms with Gasteiger partial charge in [0.05, 0.1) is 0 Å². The van der Waals surface area contributed by atoms with E-state index in [4.69, 9.17) is 11.6 Å². The van der Waals surface area contributed by atoms with E-state index in [1.165, 1.54) is 27.4 Å². The van der Waals surface area contributed by atoms with E-state index in [1.807, 2.05) is 0 Å². The number of benzene rings is 2. The molecule has 2 aromatic rings. The minimum atomic E-state index is -3.54. The smallest absolute Gasteiger partial charge is 0.279 e. The van der Waals surface area contributed by atoms with Crippen LogP contribution in [0.3, 0.4) is 0 Å². The molecule has 3 fully saturated rings. The van der Waals surface area contributed by atoms with Gasteiger partial charge in [-0.1, -0.05) is 55.1 Å². The zero-order chi connectivity index (χ0) is 26.9. The van der Waals surface area contributed by atoms with Crippen molar-refractivity contribution >= 4 is 39.3 Å². The van der Waals surface area contributed by atoms with Gasteiger partial charge < -0.3 is 5.32 Å². The van der Waals surface area contributed by atoms with Crippen LogP contribution in [-0.4, -0.2) is 49.7 Å². The molecule has 2 saturated carbocycles. The molecule has 11 heteroatoms. The summed E-state index contributed by atoms with van der Waals surface area (Å²) in [6, 6.07) is 11.0. The lowest BCUT2D eigenvalue weighted by atomic mass is 9.79. The number of halogens is 2. The zero-order valence-corrected chi connectivity index (χ0v) is 22.6. The summed E-state index contributed by atoms with van der Waals surface area (Å²) in [6.45, 7) is 0.987. The van der Waals surface area contributed by atoms with Crippen molar-refractivity contribution in [3.63, 3.8) is 0 Å². The molecule has 1 atom stereocenters. The summed E-state index contributed by atoms with van der Waals surface area (Å²) in [5.41, 5.74) is 0.685. The van der Waals surface area contributed by atoms with Crippen LogP contribution in [0.5, 0.6) is 0 Å². The molecule has 0 aromatic heterocycles. The number of nitrogens with zero attached hydrogens (tertiary/aromatic N) is 2. The Bertz CT molecular complexity index is 1290. The van der Waals surface area contributed by atoms with E-state index in [0.717, 1.165) is 32.1 Å². The molecule has 1 saturated heterocycles. The Morgan fingerprint density at radius 3 is 2.37 bits per heavy atom. The predicted molar refractivity (Wildman–Crippen MR) is 143 cm³/mol. The molecular formula is C27H32ClFN4O4S. The second kappa shape index (κ2) is 11.3. The zero-order valence-electron chi connectivity index (χ0n) is 21.0. The summed E-state index contributed by atoms with van der Waals surface area (Å²) in [7, 11) is -3.54.